The quantitative estimate of drug-likeness (QED) is 0.756. The van der Waals surface area contributed by atoms with E-state index in [1.165, 1.54) is 11.3 Å². The van der Waals surface area contributed by atoms with E-state index < -0.39 is 6.43 Å². The van der Waals surface area contributed by atoms with E-state index in [2.05, 4.69) is 10.3 Å². The summed E-state index contributed by atoms with van der Waals surface area (Å²) < 4.78 is 23.4. The van der Waals surface area contributed by atoms with E-state index in [0.717, 1.165) is 10.7 Å². The molecule has 0 saturated heterocycles. The minimum atomic E-state index is -2.31. The van der Waals surface area contributed by atoms with Crippen molar-refractivity contribution in [1.29, 1.82) is 0 Å². The second-order valence-electron chi connectivity index (χ2n) is 2.46. The Balaban J connectivity index is 2.28. The van der Waals surface area contributed by atoms with E-state index in [0.29, 0.717) is 13.1 Å². The Kier molecular flexibility index (Phi) is 4.20. The Morgan fingerprint density at radius 3 is 2.92 bits per heavy atom. The first-order valence-corrected chi connectivity index (χ1v) is 4.72. The molecule has 0 aromatic carbocycles. The standard InChI is InChI=1S/C7H11F2N3S/c8-6(9)3-11-2-5-4-13-7(1-10)12-5/h4,6,11H,1-3,10H2. The van der Waals surface area contributed by atoms with Crippen LogP contribution in [0.3, 0.4) is 0 Å². The van der Waals surface area contributed by atoms with E-state index in [9.17, 15) is 8.78 Å². The Hall–Kier alpha value is -0.590. The number of hydrogen-bond acceptors (Lipinski definition) is 4. The Labute approximate surface area is 79.0 Å². The largest absolute Gasteiger partial charge is 0.325 e. The van der Waals surface area contributed by atoms with Crippen LogP contribution < -0.4 is 11.1 Å². The molecule has 13 heavy (non-hydrogen) atoms. The van der Waals surface area contributed by atoms with Crippen molar-refractivity contribution in [3.8, 4) is 0 Å². The molecular weight excluding hydrogens is 196 g/mol. The second-order valence-corrected chi connectivity index (χ2v) is 3.40. The molecule has 0 unspecified atom stereocenters. The van der Waals surface area contributed by atoms with Gasteiger partial charge in [0.05, 0.1) is 12.2 Å². The van der Waals surface area contributed by atoms with Gasteiger partial charge in [-0.3, -0.25) is 0 Å². The zero-order valence-corrected chi connectivity index (χ0v) is 7.78. The lowest BCUT2D eigenvalue weighted by Gasteiger charge is -1.99. The molecule has 0 amide bonds. The molecule has 0 fully saturated rings. The molecule has 1 aromatic rings. The van der Waals surface area contributed by atoms with Gasteiger partial charge in [0.1, 0.15) is 5.01 Å². The number of rotatable bonds is 5. The molecule has 0 spiro atoms. The van der Waals surface area contributed by atoms with Crippen LogP contribution in [0.1, 0.15) is 10.7 Å². The molecule has 0 aliphatic rings. The van der Waals surface area contributed by atoms with Crippen LogP contribution in [0, 0.1) is 0 Å². The normalized spacial score (nSPS) is 11.1. The first kappa shape index (κ1) is 10.5. The topological polar surface area (TPSA) is 50.9 Å². The van der Waals surface area contributed by atoms with Crippen molar-refractivity contribution in [1.82, 2.24) is 10.3 Å². The van der Waals surface area contributed by atoms with Gasteiger partial charge >= 0.3 is 0 Å². The van der Waals surface area contributed by atoms with Gasteiger partial charge in [-0.1, -0.05) is 0 Å². The van der Waals surface area contributed by atoms with Crippen molar-refractivity contribution < 1.29 is 8.78 Å². The number of nitrogens with one attached hydrogen (secondary N) is 1. The molecule has 6 heteroatoms. The number of nitrogens with zero attached hydrogens (tertiary/aromatic N) is 1. The highest BCUT2D eigenvalue weighted by Crippen LogP contribution is 2.08. The molecule has 0 aliphatic carbocycles. The summed E-state index contributed by atoms with van der Waals surface area (Å²) >= 11 is 1.44. The zero-order chi connectivity index (χ0) is 9.68. The fourth-order valence-corrected chi connectivity index (χ4v) is 1.51. The van der Waals surface area contributed by atoms with E-state index >= 15 is 0 Å². The highest BCUT2D eigenvalue weighted by atomic mass is 32.1. The smallest absolute Gasteiger partial charge is 0.250 e. The minimum Gasteiger partial charge on any atom is -0.325 e. The summed E-state index contributed by atoms with van der Waals surface area (Å²) in [6, 6.07) is 0. The molecule has 0 aliphatic heterocycles. The highest BCUT2D eigenvalue weighted by Gasteiger charge is 2.03. The van der Waals surface area contributed by atoms with Crippen LogP contribution in [0.4, 0.5) is 8.78 Å². The fourth-order valence-electron chi connectivity index (χ4n) is 0.833. The van der Waals surface area contributed by atoms with E-state index in [1.807, 2.05) is 5.38 Å². The summed E-state index contributed by atoms with van der Waals surface area (Å²) in [6.45, 7) is 0.482. The molecule has 1 heterocycles. The SMILES string of the molecule is NCc1nc(CNCC(F)F)cs1. The molecule has 3 N–H and O–H groups in total. The summed E-state index contributed by atoms with van der Waals surface area (Å²) in [5.74, 6) is 0. The third-order valence-electron chi connectivity index (χ3n) is 1.38. The first-order valence-electron chi connectivity index (χ1n) is 3.84. The van der Waals surface area contributed by atoms with Crippen molar-refractivity contribution in [3.05, 3.63) is 16.1 Å². The van der Waals surface area contributed by atoms with Gasteiger partial charge in [0.25, 0.3) is 6.43 Å². The molecule has 3 nitrogen and oxygen atoms in total. The van der Waals surface area contributed by atoms with Crippen LogP contribution in [-0.4, -0.2) is 18.0 Å². The van der Waals surface area contributed by atoms with Gasteiger partial charge in [0.15, 0.2) is 0 Å². The number of aromatic nitrogens is 1. The number of thiazole rings is 1. The van der Waals surface area contributed by atoms with Crippen LogP contribution >= 0.6 is 11.3 Å². The number of nitrogens with two attached hydrogens (primary N) is 1. The van der Waals surface area contributed by atoms with Crippen LogP contribution in [0.5, 0.6) is 0 Å². The molecular formula is C7H11F2N3S. The summed E-state index contributed by atoms with van der Waals surface area (Å²) in [5.41, 5.74) is 6.12. The van der Waals surface area contributed by atoms with Crippen molar-refractivity contribution in [3.63, 3.8) is 0 Å². The van der Waals surface area contributed by atoms with Gasteiger partial charge < -0.3 is 11.1 Å². The van der Waals surface area contributed by atoms with Crippen molar-refractivity contribution in [2.45, 2.75) is 19.5 Å². The minimum absolute atomic E-state index is 0.296. The third-order valence-corrected chi connectivity index (χ3v) is 2.30. The molecule has 1 rings (SSSR count). The molecule has 0 bridgehead atoms. The summed E-state index contributed by atoms with van der Waals surface area (Å²) in [7, 11) is 0. The van der Waals surface area contributed by atoms with Gasteiger partial charge in [-0.25, -0.2) is 13.8 Å². The Morgan fingerprint density at radius 1 is 1.62 bits per heavy atom. The maximum atomic E-state index is 11.7. The Morgan fingerprint density at radius 2 is 2.38 bits per heavy atom. The molecule has 0 saturated carbocycles. The highest BCUT2D eigenvalue weighted by molar-refractivity contribution is 7.09. The number of alkyl halides is 2. The summed E-state index contributed by atoms with van der Waals surface area (Å²) in [4.78, 5) is 4.11. The van der Waals surface area contributed by atoms with Gasteiger partial charge in [0, 0.05) is 18.5 Å². The van der Waals surface area contributed by atoms with E-state index in [-0.39, 0.29) is 6.54 Å². The molecule has 74 valence electrons. The van der Waals surface area contributed by atoms with Crippen LogP contribution in [-0.2, 0) is 13.1 Å². The monoisotopic (exact) mass is 207 g/mol. The third kappa shape index (κ3) is 3.75. The average Bonchev–Trinajstić information content (AvgIpc) is 2.52. The van der Waals surface area contributed by atoms with Gasteiger partial charge in [-0.05, 0) is 0 Å². The van der Waals surface area contributed by atoms with Gasteiger partial charge in [-0.15, -0.1) is 11.3 Å². The lowest BCUT2D eigenvalue weighted by molar-refractivity contribution is 0.145. The number of hydrogen-bond donors (Lipinski definition) is 2. The van der Waals surface area contributed by atoms with Crippen LogP contribution in [0.15, 0.2) is 5.38 Å². The summed E-state index contributed by atoms with van der Waals surface area (Å²) in [5, 5.41) is 5.24. The van der Waals surface area contributed by atoms with Gasteiger partial charge in [0.2, 0.25) is 0 Å². The maximum absolute atomic E-state index is 11.7. The molecule has 0 radical (unpaired) electrons. The fraction of sp³-hybridized carbons (Fsp3) is 0.571. The number of halogens is 2. The predicted molar refractivity (Wildman–Crippen MR) is 47.7 cm³/mol. The van der Waals surface area contributed by atoms with Crippen molar-refractivity contribution in [2.75, 3.05) is 6.54 Å². The molecule has 0 atom stereocenters. The van der Waals surface area contributed by atoms with Crippen molar-refractivity contribution >= 4 is 11.3 Å². The van der Waals surface area contributed by atoms with E-state index in [4.69, 9.17) is 5.73 Å². The first-order chi connectivity index (χ1) is 6.22. The predicted octanol–water partition coefficient (Wildman–Crippen LogP) is 0.956. The summed E-state index contributed by atoms with van der Waals surface area (Å²) in [6.07, 6.45) is -2.31. The van der Waals surface area contributed by atoms with Crippen molar-refractivity contribution in [2.24, 2.45) is 5.73 Å². The average molecular weight is 207 g/mol. The second kappa shape index (κ2) is 5.21. The van der Waals surface area contributed by atoms with Gasteiger partial charge in [-0.2, -0.15) is 0 Å². The Bertz CT molecular complexity index is 252. The lowest BCUT2D eigenvalue weighted by atomic mass is 10.5. The lowest BCUT2D eigenvalue weighted by Crippen LogP contribution is -2.20. The zero-order valence-electron chi connectivity index (χ0n) is 6.96. The molecule has 1 aromatic heterocycles. The van der Waals surface area contributed by atoms with E-state index in [1.54, 1.807) is 0 Å². The maximum Gasteiger partial charge on any atom is 0.250 e. The van der Waals surface area contributed by atoms with Crippen LogP contribution in [0.2, 0.25) is 0 Å². The van der Waals surface area contributed by atoms with Crippen LogP contribution in [0.25, 0.3) is 0 Å².